The molecular weight excluding hydrogens is 364 g/mol. The number of hydrogen-bond donors (Lipinski definition) is 2. The van der Waals surface area contributed by atoms with Crippen LogP contribution < -0.4 is 0 Å². The molecule has 4 nitrogen and oxygen atoms in total. The first-order chi connectivity index (χ1) is 14.0. The summed E-state index contributed by atoms with van der Waals surface area (Å²) in [4.78, 5) is 23.3. The van der Waals surface area contributed by atoms with Crippen molar-refractivity contribution < 1.29 is 19.8 Å². The quantitative estimate of drug-likeness (QED) is 0.277. The van der Waals surface area contributed by atoms with Crippen molar-refractivity contribution in [3.8, 4) is 0 Å². The molecule has 29 heavy (non-hydrogen) atoms. The van der Waals surface area contributed by atoms with Gasteiger partial charge in [0.25, 0.3) is 0 Å². The second kappa shape index (κ2) is 14.5. The fourth-order valence-electron chi connectivity index (χ4n) is 3.92. The maximum Gasteiger partial charge on any atom is 0.158 e. The molecule has 3 atom stereocenters. The van der Waals surface area contributed by atoms with Crippen LogP contribution in [0.5, 0.6) is 0 Å². The molecule has 0 aliphatic heterocycles. The van der Waals surface area contributed by atoms with Crippen molar-refractivity contribution in [2.45, 2.75) is 89.6 Å². The molecule has 1 aliphatic carbocycles. The van der Waals surface area contributed by atoms with E-state index in [-0.39, 0.29) is 24.2 Å². The number of rotatable bonds is 16. The highest BCUT2D eigenvalue weighted by Gasteiger charge is 2.32. The second-order valence-corrected chi connectivity index (χ2v) is 8.32. The molecular formula is C25H40O4. The highest BCUT2D eigenvalue weighted by Crippen LogP contribution is 2.33. The van der Waals surface area contributed by atoms with E-state index in [9.17, 15) is 14.7 Å². The van der Waals surface area contributed by atoms with Crippen LogP contribution in [0.25, 0.3) is 0 Å². The molecule has 164 valence electrons. The van der Waals surface area contributed by atoms with Crippen LogP contribution in [0.1, 0.15) is 84.0 Å². The summed E-state index contributed by atoms with van der Waals surface area (Å²) in [5, 5.41) is 19.4. The number of allylic oxidation sites excluding steroid dienone is 3. The Hall–Kier alpha value is -1.52. The minimum atomic E-state index is -0.853. The Morgan fingerprint density at radius 2 is 2.00 bits per heavy atom. The summed E-state index contributed by atoms with van der Waals surface area (Å²) in [6, 6.07) is 0. The minimum Gasteiger partial charge on any atom is -0.389 e. The first-order valence-electron chi connectivity index (χ1n) is 11.3. The monoisotopic (exact) mass is 404 g/mol. The third kappa shape index (κ3) is 10.2. The molecule has 0 saturated heterocycles. The van der Waals surface area contributed by atoms with Gasteiger partial charge >= 0.3 is 0 Å². The Morgan fingerprint density at radius 3 is 2.69 bits per heavy atom. The molecule has 0 bridgehead atoms. The molecule has 2 N–H and O–H groups in total. The average molecular weight is 405 g/mol. The molecule has 1 rings (SSSR count). The minimum absolute atomic E-state index is 0.0166. The molecule has 0 spiro atoms. The van der Waals surface area contributed by atoms with E-state index in [4.69, 9.17) is 5.11 Å². The summed E-state index contributed by atoms with van der Waals surface area (Å²) < 4.78 is 0. The Kier molecular flexibility index (Phi) is 12.7. The van der Waals surface area contributed by atoms with Gasteiger partial charge in [-0.3, -0.25) is 9.59 Å². The fourth-order valence-corrected chi connectivity index (χ4v) is 3.92. The summed E-state index contributed by atoms with van der Waals surface area (Å²) in [6.07, 6.45) is 19.8. The molecule has 0 radical (unpaired) electrons. The van der Waals surface area contributed by atoms with Crippen LogP contribution in [0.4, 0.5) is 0 Å². The number of ketones is 2. The average Bonchev–Trinajstić information content (AvgIpc) is 3.07. The van der Waals surface area contributed by atoms with Crippen LogP contribution in [-0.2, 0) is 9.59 Å². The van der Waals surface area contributed by atoms with Gasteiger partial charge in [-0.25, -0.2) is 0 Å². The van der Waals surface area contributed by atoms with E-state index in [2.05, 4.69) is 19.6 Å². The zero-order valence-electron chi connectivity index (χ0n) is 18.2. The summed E-state index contributed by atoms with van der Waals surface area (Å²) in [6.45, 7) is 5.60. The Balaban J connectivity index is 2.45. The molecule has 1 unspecified atom stereocenters. The Morgan fingerprint density at radius 1 is 1.21 bits per heavy atom. The smallest absolute Gasteiger partial charge is 0.158 e. The van der Waals surface area contributed by atoms with Gasteiger partial charge in [0, 0.05) is 18.8 Å². The van der Waals surface area contributed by atoms with E-state index in [1.807, 2.05) is 18.2 Å². The number of aliphatic hydroxyl groups is 2. The molecule has 4 heteroatoms. The van der Waals surface area contributed by atoms with E-state index in [0.717, 1.165) is 44.9 Å². The Bertz CT molecular complexity index is 563. The third-order valence-electron chi connectivity index (χ3n) is 5.91. The van der Waals surface area contributed by atoms with Crippen molar-refractivity contribution in [1.29, 1.82) is 0 Å². The van der Waals surface area contributed by atoms with Crippen LogP contribution in [-0.4, -0.2) is 34.0 Å². The first kappa shape index (κ1) is 25.5. The number of Topliss-reactive ketones (excluding diaryl/α,β-unsaturated/α-hetero) is 2. The van der Waals surface area contributed by atoms with Gasteiger partial charge < -0.3 is 10.2 Å². The predicted molar refractivity (Wildman–Crippen MR) is 119 cm³/mol. The molecule has 0 aromatic carbocycles. The number of unbranched alkanes of at least 4 members (excludes halogenated alkanes) is 4. The zero-order chi connectivity index (χ0) is 21.5. The van der Waals surface area contributed by atoms with Gasteiger partial charge in [0.05, 0.1) is 5.60 Å². The van der Waals surface area contributed by atoms with Gasteiger partial charge in [-0.2, -0.15) is 0 Å². The lowest BCUT2D eigenvalue weighted by atomic mass is 9.89. The van der Waals surface area contributed by atoms with E-state index < -0.39 is 5.60 Å². The topological polar surface area (TPSA) is 74.6 Å². The van der Waals surface area contributed by atoms with Gasteiger partial charge in [-0.1, -0.05) is 63.0 Å². The molecule has 1 saturated carbocycles. The summed E-state index contributed by atoms with van der Waals surface area (Å²) in [5.74, 6) is 0.443. The van der Waals surface area contributed by atoms with E-state index >= 15 is 0 Å². The summed E-state index contributed by atoms with van der Waals surface area (Å²) in [7, 11) is 0. The highest BCUT2D eigenvalue weighted by atomic mass is 16.3. The van der Waals surface area contributed by atoms with Gasteiger partial charge in [0.15, 0.2) is 5.78 Å². The van der Waals surface area contributed by atoms with Crippen molar-refractivity contribution in [2.75, 3.05) is 6.61 Å². The fraction of sp³-hybridized carbons (Fsp3) is 0.680. The third-order valence-corrected chi connectivity index (χ3v) is 5.91. The van der Waals surface area contributed by atoms with Gasteiger partial charge in [-0.05, 0) is 44.4 Å². The van der Waals surface area contributed by atoms with Gasteiger partial charge in [0.1, 0.15) is 12.4 Å². The van der Waals surface area contributed by atoms with Crippen LogP contribution in [0.3, 0.4) is 0 Å². The Labute approximate surface area is 176 Å². The lowest BCUT2D eigenvalue weighted by molar-refractivity contribution is -0.122. The number of carbonyl (C=O) groups is 2. The molecule has 0 heterocycles. The molecule has 0 aromatic rings. The van der Waals surface area contributed by atoms with Gasteiger partial charge in [0.2, 0.25) is 0 Å². The van der Waals surface area contributed by atoms with Crippen molar-refractivity contribution in [1.82, 2.24) is 0 Å². The van der Waals surface area contributed by atoms with E-state index in [0.29, 0.717) is 25.0 Å². The molecule has 1 aliphatic rings. The standard InChI is InChI=1S/C25H40O4/c1-3-5-6-11-18-25(29,4-2)19-12-13-21-16-17-24(28)23(21)15-10-8-7-9-14-22(27)20-26/h4,8,10,12-13,21,23,26,29H,2-3,5-7,9,11,14-20H2,1H3/t21-,23+,25?/m0/s1. The highest BCUT2D eigenvalue weighted by molar-refractivity contribution is 5.83. The molecule has 0 aromatic heterocycles. The van der Waals surface area contributed by atoms with E-state index in [1.54, 1.807) is 6.08 Å². The largest absolute Gasteiger partial charge is 0.389 e. The van der Waals surface area contributed by atoms with Crippen LogP contribution >= 0.6 is 0 Å². The number of carbonyl (C=O) groups excluding carboxylic acids is 2. The molecule has 1 fully saturated rings. The first-order valence-corrected chi connectivity index (χ1v) is 11.3. The van der Waals surface area contributed by atoms with Crippen molar-refractivity contribution in [2.24, 2.45) is 11.8 Å². The van der Waals surface area contributed by atoms with Crippen molar-refractivity contribution in [3.05, 3.63) is 37.0 Å². The van der Waals surface area contributed by atoms with Crippen molar-refractivity contribution in [3.63, 3.8) is 0 Å². The number of hydrogen-bond acceptors (Lipinski definition) is 4. The van der Waals surface area contributed by atoms with Crippen molar-refractivity contribution >= 4 is 11.6 Å². The van der Waals surface area contributed by atoms with E-state index in [1.165, 1.54) is 12.8 Å². The van der Waals surface area contributed by atoms with Crippen LogP contribution in [0, 0.1) is 11.8 Å². The van der Waals surface area contributed by atoms with Crippen LogP contribution in [0.2, 0.25) is 0 Å². The van der Waals surface area contributed by atoms with Gasteiger partial charge in [-0.15, -0.1) is 6.58 Å². The maximum absolute atomic E-state index is 12.2. The normalized spacial score (nSPS) is 21.8. The maximum atomic E-state index is 12.2. The van der Waals surface area contributed by atoms with Crippen LogP contribution in [0.15, 0.2) is 37.0 Å². The lowest BCUT2D eigenvalue weighted by Gasteiger charge is -2.23. The summed E-state index contributed by atoms with van der Waals surface area (Å²) >= 11 is 0. The lowest BCUT2D eigenvalue weighted by Crippen LogP contribution is -2.24. The molecule has 0 amide bonds. The zero-order valence-corrected chi connectivity index (χ0v) is 18.2. The second-order valence-electron chi connectivity index (χ2n) is 8.32. The summed E-state index contributed by atoms with van der Waals surface area (Å²) in [5.41, 5.74) is -0.853. The number of aliphatic hydroxyl groups excluding tert-OH is 1. The predicted octanol–water partition coefficient (Wildman–Crippen LogP) is 5.09. The SMILES string of the molecule is C=CC(O)(CC=C[C@H]1CCC(=O)[C@@H]1CC=CCCCC(=O)CO)CCCCCC.